The van der Waals surface area contributed by atoms with Gasteiger partial charge in [-0.2, -0.15) is 0 Å². The number of alkyl halides is 2. The van der Waals surface area contributed by atoms with Crippen molar-refractivity contribution < 1.29 is 13.6 Å². The van der Waals surface area contributed by atoms with E-state index in [2.05, 4.69) is 5.32 Å². The van der Waals surface area contributed by atoms with E-state index in [-0.39, 0.29) is 0 Å². The van der Waals surface area contributed by atoms with Crippen molar-refractivity contribution in [1.29, 1.82) is 0 Å². The Kier molecular flexibility index (Phi) is 3.55. The number of amides is 1. The highest BCUT2D eigenvalue weighted by Crippen LogP contribution is 2.24. The second-order valence-electron chi connectivity index (χ2n) is 4.12. The number of hydrogen-bond acceptors (Lipinski definition) is 1. The molecule has 1 unspecified atom stereocenters. The Balaban J connectivity index is 2.41. The average molecular weight is 249 g/mol. The average Bonchev–Trinajstić information content (AvgIpc) is 2.35. The van der Waals surface area contributed by atoms with Crippen LogP contribution < -0.4 is 5.32 Å². The van der Waals surface area contributed by atoms with Crippen molar-refractivity contribution in [3.63, 3.8) is 0 Å². The smallest absolute Gasteiger partial charge is 0.262 e. The molecule has 1 atom stereocenters. The molecule has 94 valence electrons. The second-order valence-corrected chi connectivity index (χ2v) is 4.12. The standard InChI is InChI=1S/C14H13F2NO/c1-9(18)17-13(14(15)16)12-7-6-10-4-2-3-5-11(10)8-12/h2-8,13-14H,1H3,(H,17,18). The van der Waals surface area contributed by atoms with E-state index in [0.717, 1.165) is 10.8 Å². The molecule has 0 radical (unpaired) electrons. The van der Waals surface area contributed by atoms with Crippen molar-refractivity contribution in [2.45, 2.75) is 19.4 Å². The van der Waals surface area contributed by atoms with Crippen molar-refractivity contribution >= 4 is 16.7 Å². The Morgan fingerprint density at radius 2 is 1.78 bits per heavy atom. The van der Waals surface area contributed by atoms with Crippen LogP contribution in [0.25, 0.3) is 10.8 Å². The number of carbonyl (C=O) groups excluding carboxylic acids is 1. The molecule has 0 aromatic heterocycles. The highest BCUT2D eigenvalue weighted by molar-refractivity contribution is 5.83. The molecule has 2 aromatic carbocycles. The van der Waals surface area contributed by atoms with E-state index in [1.807, 2.05) is 24.3 Å². The highest BCUT2D eigenvalue weighted by Gasteiger charge is 2.23. The molecule has 0 fully saturated rings. The molecule has 0 spiro atoms. The predicted molar refractivity (Wildman–Crippen MR) is 66.5 cm³/mol. The maximum Gasteiger partial charge on any atom is 0.262 e. The summed E-state index contributed by atoms with van der Waals surface area (Å²) in [6, 6.07) is 11.3. The fourth-order valence-electron chi connectivity index (χ4n) is 1.91. The van der Waals surface area contributed by atoms with Gasteiger partial charge in [-0.05, 0) is 22.4 Å². The van der Waals surface area contributed by atoms with E-state index in [1.165, 1.54) is 6.92 Å². The van der Waals surface area contributed by atoms with Crippen LogP contribution >= 0.6 is 0 Å². The summed E-state index contributed by atoms with van der Waals surface area (Å²) in [5.74, 6) is -0.464. The third-order valence-corrected chi connectivity index (χ3v) is 2.74. The number of halogens is 2. The van der Waals surface area contributed by atoms with Crippen molar-refractivity contribution in [2.24, 2.45) is 0 Å². The van der Waals surface area contributed by atoms with Crippen LogP contribution in [0.4, 0.5) is 8.78 Å². The van der Waals surface area contributed by atoms with Crippen LogP contribution in [0.5, 0.6) is 0 Å². The maximum absolute atomic E-state index is 12.9. The van der Waals surface area contributed by atoms with Crippen LogP contribution in [0.1, 0.15) is 18.5 Å². The van der Waals surface area contributed by atoms with Crippen molar-refractivity contribution in [3.05, 3.63) is 48.0 Å². The normalized spacial score (nSPS) is 12.7. The summed E-state index contributed by atoms with van der Waals surface area (Å²) >= 11 is 0. The van der Waals surface area contributed by atoms with Crippen molar-refractivity contribution in [2.75, 3.05) is 0 Å². The summed E-state index contributed by atoms with van der Waals surface area (Å²) in [5.41, 5.74) is 0.416. The molecule has 0 saturated carbocycles. The van der Waals surface area contributed by atoms with Gasteiger partial charge in [-0.1, -0.05) is 36.4 Å². The molecule has 0 saturated heterocycles. The van der Waals surface area contributed by atoms with Gasteiger partial charge in [-0.3, -0.25) is 4.79 Å². The Morgan fingerprint density at radius 3 is 2.39 bits per heavy atom. The molecule has 2 nitrogen and oxygen atoms in total. The minimum absolute atomic E-state index is 0.416. The van der Waals surface area contributed by atoms with Gasteiger partial charge in [0.05, 0.1) is 0 Å². The lowest BCUT2D eigenvalue weighted by atomic mass is 10.0. The largest absolute Gasteiger partial charge is 0.344 e. The summed E-state index contributed by atoms with van der Waals surface area (Å²) in [4.78, 5) is 11.0. The molecule has 2 aromatic rings. The fraction of sp³-hybridized carbons (Fsp3) is 0.214. The Hall–Kier alpha value is -1.97. The molecule has 0 aliphatic carbocycles. The van der Waals surface area contributed by atoms with Crippen molar-refractivity contribution in [3.8, 4) is 0 Å². The Labute approximate surface area is 104 Å². The van der Waals surface area contributed by atoms with Crippen molar-refractivity contribution in [1.82, 2.24) is 5.32 Å². The van der Waals surface area contributed by atoms with E-state index >= 15 is 0 Å². The van der Waals surface area contributed by atoms with Crippen LogP contribution in [0.3, 0.4) is 0 Å². The van der Waals surface area contributed by atoms with Crippen LogP contribution in [0.2, 0.25) is 0 Å². The number of nitrogens with one attached hydrogen (secondary N) is 1. The summed E-state index contributed by atoms with van der Waals surface area (Å²) in [7, 11) is 0. The van der Waals surface area contributed by atoms with Crippen LogP contribution in [0.15, 0.2) is 42.5 Å². The fourth-order valence-corrected chi connectivity index (χ4v) is 1.91. The first-order valence-corrected chi connectivity index (χ1v) is 5.62. The summed E-state index contributed by atoms with van der Waals surface area (Å²) in [6.07, 6.45) is -2.63. The zero-order valence-electron chi connectivity index (χ0n) is 9.86. The third-order valence-electron chi connectivity index (χ3n) is 2.74. The van der Waals surface area contributed by atoms with Gasteiger partial charge in [0.1, 0.15) is 6.04 Å². The molecule has 0 aliphatic rings. The van der Waals surface area contributed by atoms with Gasteiger partial charge in [-0.25, -0.2) is 8.78 Å². The predicted octanol–water partition coefficient (Wildman–Crippen LogP) is 3.28. The molecular formula is C14H13F2NO. The van der Waals surface area contributed by atoms with E-state index < -0.39 is 18.4 Å². The lowest BCUT2D eigenvalue weighted by Crippen LogP contribution is -2.31. The van der Waals surface area contributed by atoms with E-state index in [1.54, 1.807) is 18.2 Å². The molecule has 0 heterocycles. The Bertz CT molecular complexity index is 568. The van der Waals surface area contributed by atoms with Crippen LogP contribution in [-0.4, -0.2) is 12.3 Å². The summed E-state index contributed by atoms with van der Waals surface area (Å²) < 4.78 is 25.9. The number of benzene rings is 2. The first kappa shape index (κ1) is 12.5. The molecule has 0 bridgehead atoms. The number of hydrogen-bond donors (Lipinski definition) is 1. The molecule has 18 heavy (non-hydrogen) atoms. The minimum atomic E-state index is -2.63. The zero-order chi connectivity index (χ0) is 13.1. The first-order chi connectivity index (χ1) is 8.58. The van der Waals surface area contributed by atoms with Gasteiger partial charge in [0.25, 0.3) is 6.43 Å². The quantitative estimate of drug-likeness (QED) is 0.888. The SMILES string of the molecule is CC(=O)NC(c1ccc2ccccc2c1)C(F)F. The highest BCUT2D eigenvalue weighted by atomic mass is 19.3. The van der Waals surface area contributed by atoms with Gasteiger partial charge in [0.15, 0.2) is 0 Å². The monoisotopic (exact) mass is 249 g/mol. The molecule has 1 N–H and O–H groups in total. The van der Waals surface area contributed by atoms with Gasteiger partial charge in [0, 0.05) is 6.92 Å². The number of carbonyl (C=O) groups is 1. The van der Waals surface area contributed by atoms with E-state index in [0.29, 0.717) is 5.56 Å². The maximum atomic E-state index is 12.9. The van der Waals surface area contributed by atoms with E-state index in [4.69, 9.17) is 0 Å². The van der Waals surface area contributed by atoms with Gasteiger partial charge in [-0.15, -0.1) is 0 Å². The van der Waals surface area contributed by atoms with Gasteiger partial charge in [0.2, 0.25) is 5.91 Å². The second kappa shape index (κ2) is 5.12. The summed E-state index contributed by atoms with van der Waals surface area (Å²) in [6.45, 7) is 1.23. The molecule has 1 amide bonds. The van der Waals surface area contributed by atoms with Gasteiger partial charge < -0.3 is 5.32 Å². The molecule has 0 aliphatic heterocycles. The minimum Gasteiger partial charge on any atom is -0.344 e. The van der Waals surface area contributed by atoms with Gasteiger partial charge >= 0.3 is 0 Å². The zero-order valence-corrected chi connectivity index (χ0v) is 9.86. The van der Waals surface area contributed by atoms with Crippen LogP contribution in [-0.2, 0) is 4.79 Å². The van der Waals surface area contributed by atoms with E-state index in [9.17, 15) is 13.6 Å². The number of fused-ring (bicyclic) bond motifs is 1. The molecule has 2 rings (SSSR count). The number of rotatable bonds is 3. The lowest BCUT2D eigenvalue weighted by Gasteiger charge is -2.17. The molecule has 4 heteroatoms. The summed E-state index contributed by atoms with van der Waals surface area (Å²) in [5, 5.41) is 4.14. The third kappa shape index (κ3) is 2.64. The Morgan fingerprint density at radius 1 is 1.11 bits per heavy atom. The first-order valence-electron chi connectivity index (χ1n) is 5.62. The van der Waals surface area contributed by atoms with Crippen LogP contribution in [0, 0.1) is 0 Å². The lowest BCUT2D eigenvalue weighted by molar-refractivity contribution is -0.120. The topological polar surface area (TPSA) is 29.1 Å². The molecular weight excluding hydrogens is 236 g/mol.